The molecule has 0 bridgehead atoms. The normalized spacial score (nSPS) is 17.7. The molecule has 8 heteroatoms. The summed E-state index contributed by atoms with van der Waals surface area (Å²) >= 11 is 0. The molecule has 1 aliphatic heterocycles. The summed E-state index contributed by atoms with van der Waals surface area (Å²) < 4.78 is 27.5. The lowest BCUT2D eigenvalue weighted by molar-refractivity contribution is 0.572. The van der Waals surface area contributed by atoms with Crippen molar-refractivity contribution < 1.29 is 8.42 Å². The van der Waals surface area contributed by atoms with Crippen LogP contribution in [-0.4, -0.2) is 35.3 Å². The fourth-order valence-corrected chi connectivity index (χ4v) is 4.76. The molecule has 0 amide bonds. The minimum Gasteiger partial charge on any atom is -0.306 e. The number of aromatic nitrogens is 3. The summed E-state index contributed by atoms with van der Waals surface area (Å²) in [5.41, 5.74) is 3.65. The summed E-state index contributed by atoms with van der Waals surface area (Å²) in [6.45, 7) is 3.27. The van der Waals surface area contributed by atoms with E-state index in [-0.39, 0.29) is 11.8 Å². The minimum absolute atomic E-state index is 0.0774. The van der Waals surface area contributed by atoms with Gasteiger partial charge < -0.3 is 5.32 Å². The molecule has 26 heavy (non-hydrogen) atoms. The number of rotatable bonds is 5. The Bertz CT molecular complexity index is 1030. The number of sulfonamides is 1. The SMILES string of the molecule is CC(NCc1cnc2ccnn2c1)c1cccc(N2CCCS2(=O)=O)c1. The van der Waals surface area contributed by atoms with Crippen LogP contribution in [0.1, 0.15) is 30.5 Å². The average Bonchev–Trinajstić information content (AvgIpc) is 3.24. The first-order valence-corrected chi connectivity index (χ1v) is 10.3. The topological polar surface area (TPSA) is 79.6 Å². The van der Waals surface area contributed by atoms with Crippen molar-refractivity contribution in [3.8, 4) is 0 Å². The van der Waals surface area contributed by atoms with E-state index in [0.29, 0.717) is 19.5 Å². The van der Waals surface area contributed by atoms with Gasteiger partial charge in [-0.05, 0) is 31.0 Å². The second-order valence-corrected chi connectivity index (χ2v) is 8.55. The Balaban J connectivity index is 1.47. The molecule has 2 aromatic heterocycles. The lowest BCUT2D eigenvalue weighted by atomic mass is 10.1. The molecule has 136 valence electrons. The van der Waals surface area contributed by atoms with Crippen LogP contribution < -0.4 is 9.62 Å². The smallest absolute Gasteiger partial charge is 0.235 e. The highest BCUT2D eigenvalue weighted by Crippen LogP contribution is 2.26. The lowest BCUT2D eigenvalue weighted by Crippen LogP contribution is -2.25. The van der Waals surface area contributed by atoms with Crippen LogP contribution in [0.2, 0.25) is 0 Å². The fraction of sp³-hybridized carbons (Fsp3) is 0.333. The van der Waals surface area contributed by atoms with E-state index in [0.717, 1.165) is 22.5 Å². The van der Waals surface area contributed by atoms with Gasteiger partial charge in [0.25, 0.3) is 0 Å². The Kier molecular flexibility index (Phi) is 4.37. The Labute approximate surface area is 152 Å². The monoisotopic (exact) mass is 371 g/mol. The van der Waals surface area contributed by atoms with Crippen molar-refractivity contribution in [1.82, 2.24) is 19.9 Å². The largest absolute Gasteiger partial charge is 0.306 e. The number of anilines is 1. The standard InChI is InChI=1S/C18H21N5O2S/c1-14(19-11-15-12-20-18-6-7-21-22(18)13-15)16-4-2-5-17(10-16)23-8-3-9-26(23,24)25/h2,4-7,10,12-14,19H,3,8-9,11H2,1H3. The minimum atomic E-state index is -3.16. The predicted molar refractivity (Wildman–Crippen MR) is 100 cm³/mol. The molecule has 1 aliphatic rings. The van der Waals surface area contributed by atoms with E-state index in [1.54, 1.807) is 10.7 Å². The molecule has 3 heterocycles. The van der Waals surface area contributed by atoms with Gasteiger partial charge in [-0.2, -0.15) is 5.10 Å². The summed E-state index contributed by atoms with van der Waals surface area (Å²) in [4.78, 5) is 4.36. The van der Waals surface area contributed by atoms with Crippen molar-refractivity contribution in [3.63, 3.8) is 0 Å². The van der Waals surface area contributed by atoms with Gasteiger partial charge in [0.2, 0.25) is 10.0 Å². The lowest BCUT2D eigenvalue weighted by Gasteiger charge is -2.20. The molecule has 1 saturated heterocycles. The van der Waals surface area contributed by atoms with Gasteiger partial charge in [0.15, 0.2) is 5.65 Å². The number of benzene rings is 1. The van der Waals surface area contributed by atoms with Crippen molar-refractivity contribution in [2.24, 2.45) is 0 Å². The van der Waals surface area contributed by atoms with E-state index < -0.39 is 10.0 Å². The van der Waals surface area contributed by atoms with Gasteiger partial charge in [0.05, 0.1) is 17.6 Å². The van der Waals surface area contributed by atoms with Gasteiger partial charge in [-0.3, -0.25) is 4.31 Å². The molecule has 0 aliphatic carbocycles. The first-order valence-electron chi connectivity index (χ1n) is 8.65. The molecule has 1 fully saturated rings. The Morgan fingerprint density at radius 2 is 2.19 bits per heavy atom. The third kappa shape index (κ3) is 3.30. The third-order valence-corrected chi connectivity index (χ3v) is 6.54. The number of fused-ring (bicyclic) bond motifs is 1. The fourth-order valence-electron chi connectivity index (χ4n) is 3.21. The second-order valence-electron chi connectivity index (χ2n) is 6.54. The van der Waals surface area contributed by atoms with Gasteiger partial charge in [0, 0.05) is 43.2 Å². The number of nitrogens with one attached hydrogen (secondary N) is 1. The maximum atomic E-state index is 12.1. The zero-order valence-corrected chi connectivity index (χ0v) is 15.4. The van der Waals surface area contributed by atoms with E-state index in [2.05, 4.69) is 22.3 Å². The molecule has 1 unspecified atom stereocenters. The van der Waals surface area contributed by atoms with Crippen molar-refractivity contribution in [2.45, 2.75) is 25.9 Å². The molecule has 1 atom stereocenters. The van der Waals surface area contributed by atoms with Gasteiger partial charge in [-0.15, -0.1) is 0 Å². The summed E-state index contributed by atoms with van der Waals surface area (Å²) in [6, 6.07) is 9.67. The summed E-state index contributed by atoms with van der Waals surface area (Å²) in [7, 11) is -3.16. The quantitative estimate of drug-likeness (QED) is 0.743. The van der Waals surface area contributed by atoms with Crippen molar-refractivity contribution >= 4 is 21.4 Å². The molecule has 4 rings (SSSR count). The predicted octanol–water partition coefficient (Wildman–Crippen LogP) is 2.12. The van der Waals surface area contributed by atoms with Crippen LogP contribution in [0.25, 0.3) is 5.65 Å². The molecule has 0 spiro atoms. The van der Waals surface area contributed by atoms with Crippen LogP contribution in [-0.2, 0) is 16.6 Å². The zero-order valence-electron chi connectivity index (χ0n) is 14.5. The first kappa shape index (κ1) is 17.0. The van der Waals surface area contributed by atoms with Gasteiger partial charge in [-0.25, -0.2) is 17.9 Å². The van der Waals surface area contributed by atoms with Crippen LogP contribution in [0, 0.1) is 0 Å². The van der Waals surface area contributed by atoms with Crippen LogP contribution in [0.4, 0.5) is 5.69 Å². The highest BCUT2D eigenvalue weighted by atomic mass is 32.2. The van der Waals surface area contributed by atoms with Crippen molar-refractivity contribution in [2.75, 3.05) is 16.6 Å². The summed E-state index contributed by atoms with van der Waals surface area (Å²) in [5.74, 6) is 0.230. The first-order chi connectivity index (χ1) is 12.5. The number of nitrogens with zero attached hydrogens (tertiary/aromatic N) is 4. The maximum absolute atomic E-state index is 12.1. The molecule has 1 N–H and O–H groups in total. The summed E-state index contributed by atoms with van der Waals surface area (Å²) in [5, 5.41) is 7.66. The average molecular weight is 371 g/mol. The Morgan fingerprint density at radius 1 is 1.31 bits per heavy atom. The van der Waals surface area contributed by atoms with Gasteiger partial charge in [0.1, 0.15) is 0 Å². The Hall–Kier alpha value is -2.45. The molecule has 0 radical (unpaired) electrons. The molecule has 1 aromatic carbocycles. The molecular weight excluding hydrogens is 350 g/mol. The van der Waals surface area contributed by atoms with Crippen LogP contribution in [0.5, 0.6) is 0 Å². The maximum Gasteiger partial charge on any atom is 0.235 e. The highest BCUT2D eigenvalue weighted by molar-refractivity contribution is 7.93. The van der Waals surface area contributed by atoms with Gasteiger partial charge in [-0.1, -0.05) is 12.1 Å². The van der Waals surface area contributed by atoms with E-state index in [1.165, 1.54) is 4.31 Å². The highest BCUT2D eigenvalue weighted by Gasteiger charge is 2.28. The van der Waals surface area contributed by atoms with E-state index in [9.17, 15) is 8.42 Å². The number of hydrogen-bond acceptors (Lipinski definition) is 5. The van der Waals surface area contributed by atoms with E-state index >= 15 is 0 Å². The second kappa shape index (κ2) is 6.69. The molecule has 3 aromatic rings. The molecule has 7 nitrogen and oxygen atoms in total. The summed E-state index contributed by atoms with van der Waals surface area (Å²) in [6.07, 6.45) is 6.20. The van der Waals surface area contributed by atoms with Crippen molar-refractivity contribution in [3.05, 3.63) is 60.0 Å². The third-order valence-electron chi connectivity index (χ3n) is 4.67. The van der Waals surface area contributed by atoms with E-state index in [1.807, 2.05) is 42.7 Å². The zero-order chi connectivity index (χ0) is 18.1. The Morgan fingerprint density at radius 3 is 3.00 bits per heavy atom. The molecular formula is C18H21N5O2S. The number of hydrogen-bond donors (Lipinski definition) is 1. The van der Waals surface area contributed by atoms with Crippen LogP contribution in [0.15, 0.2) is 48.9 Å². The van der Waals surface area contributed by atoms with Crippen molar-refractivity contribution in [1.29, 1.82) is 0 Å². The van der Waals surface area contributed by atoms with E-state index in [4.69, 9.17) is 0 Å². The van der Waals surface area contributed by atoms with Crippen LogP contribution in [0.3, 0.4) is 0 Å². The molecule has 0 saturated carbocycles. The van der Waals surface area contributed by atoms with Crippen LogP contribution >= 0.6 is 0 Å². The van der Waals surface area contributed by atoms with Gasteiger partial charge >= 0.3 is 0 Å².